The Bertz CT molecular complexity index is 1230. The van der Waals surface area contributed by atoms with Crippen LogP contribution in [-0.2, 0) is 26.0 Å². The van der Waals surface area contributed by atoms with Crippen molar-refractivity contribution < 1.29 is 17.9 Å². The van der Waals surface area contributed by atoms with Gasteiger partial charge < -0.3 is 4.74 Å². The van der Waals surface area contributed by atoms with Crippen molar-refractivity contribution in [1.82, 2.24) is 4.31 Å². The molecule has 0 aliphatic heterocycles. The average Bonchev–Trinajstić information content (AvgIpc) is 3.32. The molecule has 0 amide bonds. The normalized spacial score (nSPS) is 29.8. The van der Waals surface area contributed by atoms with Crippen molar-refractivity contribution in [2.75, 3.05) is 5.75 Å². The van der Waals surface area contributed by atoms with Crippen LogP contribution in [0.3, 0.4) is 0 Å². The van der Waals surface area contributed by atoms with Gasteiger partial charge >= 0.3 is 5.97 Å². The van der Waals surface area contributed by atoms with E-state index in [0.29, 0.717) is 12.3 Å². The highest BCUT2D eigenvalue weighted by Gasteiger charge is 2.68. The van der Waals surface area contributed by atoms with Crippen molar-refractivity contribution in [2.24, 2.45) is 28.1 Å². The van der Waals surface area contributed by atoms with E-state index in [1.165, 1.54) is 12.8 Å². The Labute approximate surface area is 254 Å². The second kappa shape index (κ2) is 12.2. The topological polar surface area (TPSA) is 87.5 Å². The van der Waals surface area contributed by atoms with Gasteiger partial charge in [0, 0.05) is 23.9 Å². The molecule has 0 aromatic heterocycles. The van der Waals surface area contributed by atoms with Gasteiger partial charge in [0.1, 0.15) is 6.10 Å². The zero-order chi connectivity index (χ0) is 30.2. The van der Waals surface area contributed by atoms with Gasteiger partial charge in [-0.1, -0.05) is 96.6 Å². The first-order valence-corrected chi connectivity index (χ1v) is 18.3. The molecule has 4 saturated carbocycles. The van der Waals surface area contributed by atoms with Gasteiger partial charge in [-0.05, 0) is 67.8 Å². The molecule has 232 valence electrons. The number of fused-ring (bicyclic) bond motifs is 2. The summed E-state index contributed by atoms with van der Waals surface area (Å²) in [6.45, 7) is 8.21. The van der Waals surface area contributed by atoms with Gasteiger partial charge in [-0.3, -0.25) is 4.79 Å². The molecule has 6 nitrogen and oxygen atoms in total. The first-order valence-electron chi connectivity index (χ1n) is 16.6. The van der Waals surface area contributed by atoms with Crippen molar-refractivity contribution >= 4 is 16.0 Å². The Balaban J connectivity index is 1.45. The zero-order valence-corrected chi connectivity index (χ0v) is 27.1. The summed E-state index contributed by atoms with van der Waals surface area (Å²) in [5, 5.41) is 10.4. The Kier molecular flexibility index (Phi) is 9.18. The number of ether oxygens (including phenoxy) is 1. The monoisotopic (exact) mass is 596 g/mol. The number of carbonyl (C=O) groups is 1. The molecule has 1 aromatic rings. The summed E-state index contributed by atoms with van der Waals surface area (Å²) < 4.78 is 37.9. The van der Waals surface area contributed by atoms with Crippen LogP contribution in [0.1, 0.15) is 117 Å². The molecule has 42 heavy (non-hydrogen) atoms. The molecule has 0 radical (unpaired) electrons. The minimum Gasteiger partial charge on any atom is -0.461 e. The Morgan fingerprint density at radius 1 is 1.00 bits per heavy atom. The number of hydrogen-bond donors (Lipinski definition) is 0. The molecule has 4 aliphatic carbocycles. The summed E-state index contributed by atoms with van der Waals surface area (Å²) >= 11 is 0. The lowest BCUT2D eigenvalue weighted by Gasteiger charge is -2.46. The molecular weight excluding hydrogens is 544 g/mol. The van der Waals surface area contributed by atoms with Crippen LogP contribution in [0.2, 0.25) is 0 Å². The third-order valence-electron chi connectivity index (χ3n) is 12.1. The molecule has 2 bridgehead atoms. The average molecular weight is 597 g/mol. The fraction of sp³-hybridized carbons (Fsp3) is 0.771. The molecule has 7 heteroatoms. The van der Waals surface area contributed by atoms with Gasteiger partial charge in [-0.15, -0.1) is 0 Å². The summed E-state index contributed by atoms with van der Waals surface area (Å²) in [6, 6.07) is 12.2. The number of esters is 1. The number of sulfonamides is 1. The maximum Gasteiger partial charge on any atom is 0.327 e. The molecule has 4 aliphatic rings. The van der Waals surface area contributed by atoms with Crippen molar-refractivity contribution in [1.29, 1.82) is 5.26 Å². The van der Waals surface area contributed by atoms with E-state index in [9.17, 15) is 18.5 Å². The SMILES string of the molecule is CC(C)C(C#N)(Cc1ccccc1)C(=O)O[C@@H]1C[C@H]2CC[C@]1(CS(=O)(=O)N(C1CCCCC1)C1CCCCC1)C2(C)C. The Morgan fingerprint density at radius 2 is 1.57 bits per heavy atom. The lowest BCUT2D eigenvalue weighted by Crippen LogP contribution is -2.55. The maximum absolute atomic E-state index is 14.7. The van der Waals surface area contributed by atoms with Gasteiger partial charge in [-0.2, -0.15) is 9.57 Å². The van der Waals surface area contributed by atoms with Crippen LogP contribution >= 0.6 is 0 Å². The second-order valence-corrected chi connectivity index (χ2v) is 16.7. The van der Waals surface area contributed by atoms with E-state index >= 15 is 0 Å². The minimum atomic E-state index is -3.62. The summed E-state index contributed by atoms with van der Waals surface area (Å²) in [4.78, 5) is 14.1. The lowest BCUT2D eigenvalue weighted by molar-refractivity contribution is -0.168. The number of hydrogen-bond acceptors (Lipinski definition) is 5. The highest BCUT2D eigenvalue weighted by atomic mass is 32.2. The fourth-order valence-electron chi connectivity index (χ4n) is 9.21. The zero-order valence-electron chi connectivity index (χ0n) is 26.3. The van der Waals surface area contributed by atoms with Crippen LogP contribution in [0.15, 0.2) is 30.3 Å². The predicted molar refractivity (Wildman–Crippen MR) is 166 cm³/mol. The van der Waals surface area contributed by atoms with E-state index in [2.05, 4.69) is 19.9 Å². The molecule has 4 fully saturated rings. The smallest absolute Gasteiger partial charge is 0.327 e. The van der Waals surface area contributed by atoms with Crippen LogP contribution in [0, 0.1) is 39.4 Å². The molecular formula is C35H52N2O4S. The van der Waals surface area contributed by atoms with Crippen molar-refractivity contribution in [3.8, 4) is 6.07 Å². The van der Waals surface area contributed by atoms with E-state index in [0.717, 1.165) is 69.8 Å². The molecule has 4 atom stereocenters. The second-order valence-electron chi connectivity index (χ2n) is 14.8. The van der Waals surface area contributed by atoms with E-state index in [4.69, 9.17) is 4.74 Å². The Hall–Kier alpha value is -1.91. The summed E-state index contributed by atoms with van der Waals surface area (Å²) in [5.74, 6) is -0.415. The van der Waals surface area contributed by atoms with Gasteiger partial charge in [0.2, 0.25) is 10.0 Å². The van der Waals surface area contributed by atoms with Gasteiger partial charge in [0.05, 0.1) is 11.8 Å². The number of nitriles is 1. The van der Waals surface area contributed by atoms with Crippen LogP contribution in [-0.4, -0.2) is 42.6 Å². The van der Waals surface area contributed by atoms with Crippen LogP contribution in [0.4, 0.5) is 0 Å². The minimum absolute atomic E-state index is 0.0361. The summed E-state index contributed by atoms with van der Waals surface area (Å²) in [7, 11) is -3.62. The third-order valence-corrected chi connectivity index (χ3v) is 14.2. The largest absolute Gasteiger partial charge is 0.461 e. The van der Waals surface area contributed by atoms with E-state index < -0.39 is 32.9 Å². The summed E-state index contributed by atoms with van der Waals surface area (Å²) in [5.41, 5.74) is -1.34. The van der Waals surface area contributed by atoms with Crippen LogP contribution in [0.25, 0.3) is 0 Å². The number of carbonyl (C=O) groups excluding carboxylic acids is 1. The molecule has 0 spiro atoms. The molecule has 0 N–H and O–H groups in total. The van der Waals surface area contributed by atoms with Crippen molar-refractivity contribution in [2.45, 2.75) is 136 Å². The predicted octanol–water partition coefficient (Wildman–Crippen LogP) is 7.43. The van der Waals surface area contributed by atoms with Gasteiger partial charge in [0.15, 0.2) is 5.41 Å². The first kappa shape index (κ1) is 31.5. The molecule has 5 rings (SSSR count). The van der Waals surface area contributed by atoms with Gasteiger partial charge in [-0.25, -0.2) is 8.42 Å². The van der Waals surface area contributed by atoms with Crippen LogP contribution in [0.5, 0.6) is 0 Å². The molecule has 0 saturated heterocycles. The maximum atomic E-state index is 14.7. The summed E-state index contributed by atoms with van der Waals surface area (Å²) in [6.07, 6.45) is 12.7. The standard InChI is InChI=1S/C35H52N2O4S/c1-26(2)34(24-36,23-27-14-8-5-9-15-27)32(38)41-31-22-28-20-21-35(31,33(28,3)4)25-42(39,40)37(29-16-10-6-11-17-29)30-18-12-7-13-19-30/h5,8-9,14-15,26,28-31H,6-7,10-13,16-23,25H2,1-4H3/t28-,31-,34?,35-/m1/s1. The molecule has 1 aromatic carbocycles. The van der Waals surface area contributed by atoms with E-state index in [-0.39, 0.29) is 35.6 Å². The fourth-order valence-corrected chi connectivity index (χ4v) is 12.0. The number of nitrogens with zero attached hydrogens (tertiary/aromatic N) is 2. The first-order chi connectivity index (χ1) is 20.0. The molecule has 1 unspecified atom stereocenters. The molecule has 0 heterocycles. The van der Waals surface area contributed by atoms with E-state index in [1.54, 1.807) is 0 Å². The number of rotatable bonds is 10. The highest BCUT2D eigenvalue weighted by molar-refractivity contribution is 7.89. The number of benzene rings is 1. The highest BCUT2D eigenvalue weighted by Crippen LogP contribution is 2.67. The van der Waals surface area contributed by atoms with Crippen molar-refractivity contribution in [3.63, 3.8) is 0 Å². The van der Waals surface area contributed by atoms with Gasteiger partial charge in [0.25, 0.3) is 0 Å². The van der Waals surface area contributed by atoms with Crippen LogP contribution < -0.4 is 0 Å². The van der Waals surface area contributed by atoms with Crippen molar-refractivity contribution in [3.05, 3.63) is 35.9 Å². The quantitative estimate of drug-likeness (QED) is 0.262. The lowest BCUT2D eigenvalue weighted by atomic mass is 9.69. The third kappa shape index (κ3) is 5.56. The Morgan fingerprint density at radius 3 is 2.07 bits per heavy atom. The van der Waals surface area contributed by atoms with E-state index in [1.807, 2.05) is 48.5 Å².